The summed E-state index contributed by atoms with van der Waals surface area (Å²) in [5.41, 5.74) is 0. The van der Waals surface area contributed by atoms with Crippen molar-refractivity contribution in [3.63, 3.8) is 0 Å². The largest absolute Gasteiger partial charge is 0.356 e. The third kappa shape index (κ3) is 6.37. The second kappa shape index (κ2) is 8.25. The molecule has 2 amide bonds. The van der Waals surface area contributed by atoms with Gasteiger partial charge < -0.3 is 16.0 Å². The van der Waals surface area contributed by atoms with Gasteiger partial charge in [-0.3, -0.25) is 9.59 Å². The average Bonchev–Trinajstić information content (AvgIpc) is 3.26. The third-order valence-corrected chi connectivity index (χ3v) is 4.08. The maximum Gasteiger partial charge on any atom is 0.220 e. The van der Waals surface area contributed by atoms with E-state index in [0.29, 0.717) is 31.3 Å². The maximum absolute atomic E-state index is 11.7. The zero-order valence-electron chi connectivity index (χ0n) is 12.2. The molecule has 20 heavy (non-hydrogen) atoms. The van der Waals surface area contributed by atoms with Crippen molar-refractivity contribution in [2.75, 3.05) is 19.6 Å². The Hall–Kier alpha value is -1.10. The van der Waals surface area contributed by atoms with Gasteiger partial charge in [-0.15, -0.1) is 0 Å². The Morgan fingerprint density at radius 3 is 2.45 bits per heavy atom. The topological polar surface area (TPSA) is 70.2 Å². The van der Waals surface area contributed by atoms with Gasteiger partial charge in [0.2, 0.25) is 11.8 Å². The first-order chi connectivity index (χ1) is 9.74. The van der Waals surface area contributed by atoms with E-state index in [9.17, 15) is 9.59 Å². The Balaban J connectivity index is 1.43. The Labute approximate surface area is 121 Å². The quantitative estimate of drug-likeness (QED) is 0.580. The van der Waals surface area contributed by atoms with Crippen molar-refractivity contribution >= 4 is 11.8 Å². The van der Waals surface area contributed by atoms with Crippen LogP contribution < -0.4 is 16.0 Å². The van der Waals surface area contributed by atoms with Crippen LogP contribution in [0.5, 0.6) is 0 Å². The highest BCUT2D eigenvalue weighted by atomic mass is 16.2. The molecule has 1 aliphatic carbocycles. The minimum atomic E-state index is 0.122. The third-order valence-electron chi connectivity index (χ3n) is 4.08. The van der Waals surface area contributed by atoms with Crippen molar-refractivity contribution in [2.45, 2.75) is 57.4 Å². The van der Waals surface area contributed by atoms with Crippen molar-refractivity contribution in [3.8, 4) is 0 Å². The molecule has 1 saturated heterocycles. The maximum atomic E-state index is 11.7. The van der Waals surface area contributed by atoms with Gasteiger partial charge in [-0.05, 0) is 57.5 Å². The molecule has 0 aromatic heterocycles. The second-order valence-electron chi connectivity index (χ2n) is 6.03. The van der Waals surface area contributed by atoms with E-state index in [1.165, 1.54) is 12.8 Å². The van der Waals surface area contributed by atoms with E-state index in [4.69, 9.17) is 0 Å². The monoisotopic (exact) mass is 281 g/mol. The first kappa shape index (κ1) is 15.3. The molecular formula is C15H27N3O2. The normalized spacial score (nSPS) is 19.6. The molecule has 2 fully saturated rings. The second-order valence-corrected chi connectivity index (χ2v) is 6.03. The van der Waals surface area contributed by atoms with Gasteiger partial charge in [-0.25, -0.2) is 0 Å². The molecule has 3 N–H and O–H groups in total. The van der Waals surface area contributed by atoms with Gasteiger partial charge in [0.15, 0.2) is 0 Å². The fourth-order valence-electron chi connectivity index (χ4n) is 2.60. The van der Waals surface area contributed by atoms with Crippen molar-refractivity contribution < 1.29 is 9.59 Å². The van der Waals surface area contributed by atoms with Gasteiger partial charge in [0.05, 0.1) is 0 Å². The lowest BCUT2D eigenvalue weighted by molar-refractivity contribution is -0.123. The van der Waals surface area contributed by atoms with Gasteiger partial charge in [0.25, 0.3) is 0 Å². The van der Waals surface area contributed by atoms with Crippen molar-refractivity contribution in [1.29, 1.82) is 0 Å². The van der Waals surface area contributed by atoms with Gasteiger partial charge in [0, 0.05) is 25.4 Å². The first-order valence-corrected chi connectivity index (χ1v) is 8.01. The first-order valence-electron chi connectivity index (χ1n) is 8.01. The lowest BCUT2D eigenvalue weighted by Crippen LogP contribution is -2.30. The molecule has 0 radical (unpaired) electrons. The smallest absolute Gasteiger partial charge is 0.220 e. The number of nitrogens with one attached hydrogen (secondary N) is 3. The van der Waals surface area contributed by atoms with Gasteiger partial charge in [-0.1, -0.05) is 0 Å². The summed E-state index contributed by atoms with van der Waals surface area (Å²) in [4.78, 5) is 23.1. The van der Waals surface area contributed by atoms with Crippen LogP contribution in [0.3, 0.4) is 0 Å². The highest BCUT2D eigenvalue weighted by Gasteiger charge is 2.22. The SMILES string of the molecule is O=C(CCC1CCNCC1)NCCCC(=O)NC1CC1. The highest BCUT2D eigenvalue weighted by Crippen LogP contribution is 2.19. The van der Waals surface area contributed by atoms with E-state index in [2.05, 4.69) is 16.0 Å². The molecule has 1 heterocycles. The van der Waals surface area contributed by atoms with Gasteiger partial charge >= 0.3 is 0 Å². The number of amides is 2. The number of piperidine rings is 1. The summed E-state index contributed by atoms with van der Waals surface area (Å²) in [6.07, 6.45) is 7.50. The molecule has 0 unspecified atom stereocenters. The van der Waals surface area contributed by atoms with Gasteiger partial charge in [0.1, 0.15) is 0 Å². The van der Waals surface area contributed by atoms with E-state index >= 15 is 0 Å². The van der Waals surface area contributed by atoms with Gasteiger partial charge in [-0.2, -0.15) is 0 Å². The number of carbonyl (C=O) groups is 2. The fraction of sp³-hybridized carbons (Fsp3) is 0.867. The van der Waals surface area contributed by atoms with Crippen LogP contribution in [0.2, 0.25) is 0 Å². The summed E-state index contributed by atoms with van der Waals surface area (Å²) in [6, 6.07) is 0.432. The molecule has 0 aromatic rings. The Kier molecular flexibility index (Phi) is 6.30. The minimum Gasteiger partial charge on any atom is -0.356 e. The average molecular weight is 281 g/mol. The number of rotatable bonds is 8. The van der Waals surface area contributed by atoms with Crippen LogP contribution in [0, 0.1) is 5.92 Å². The summed E-state index contributed by atoms with van der Waals surface area (Å²) < 4.78 is 0. The van der Waals surface area contributed by atoms with Crippen LogP contribution in [0.4, 0.5) is 0 Å². The van der Waals surface area contributed by atoms with E-state index < -0.39 is 0 Å². The molecule has 0 aromatic carbocycles. The lowest BCUT2D eigenvalue weighted by Gasteiger charge is -2.22. The standard InChI is InChI=1S/C15H27N3O2/c19-14(6-3-12-7-10-16-11-8-12)17-9-1-2-15(20)18-13-4-5-13/h12-13,16H,1-11H2,(H,17,19)(H,18,20). The molecular weight excluding hydrogens is 254 g/mol. The number of hydrogen-bond donors (Lipinski definition) is 3. The molecule has 1 saturated carbocycles. The Morgan fingerprint density at radius 1 is 1.00 bits per heavy atom. The van der Waals surface area contributed by atoms with E-state index in [1.807, 2.05) is 0 Å². The minimum absolute atomic E-state index is 0.122. The lowest BCUT2D eigenvalue weighted by atomic mass is 9.93. The molecule has 5 nitrogen and oxygen atoms in total. The number of hydrogen-bond acceptors (Lipinski definition) is 3. The number of carbonyl (C=O) groups excluding carboxylic acids is 2. The predicted octanol–water partition coefficient (Wildman–Crippen LogP) is 0.941. The Bertz CT molecular complexity index is 323. The van der Waals surface area contributed by atoms with Crippen LogP contribution in [-0.4, -0.2) is 37.5 Å². The zero-order chi connectivity index (χ0) is 14.2. The van der Waals surface area contributed by atoms with Crippen LogP contribution in [0.25, 0.3) is 0 Å². The molecule has 2 aliphatic rings. The van der Waals surface area contributed by atoms with Crippen LogP contribution in [-0.2, 0) is 9.59 Å². The highest BCUT2D eigenvalue weighted by molar-refractivity contribution is 5.77. The molecule has 0 spiro atoms. The molecule has 5 heteroatoms. The summed E-state index contributed by atoms with van der Waals surface area (Å²) >= 11 is 0. The van der Waals surface area contributed by atoms with E-state index in [1.54, 1.807) is 0 Å². The van der Waals surface area contributed by atoms with Crippen LogP contribution in [0.1, 0.15) is 51.4 Å². The van der Waals surface area contributed by atoms with Crippen LogP contribution >= 0.6 is 0 Å². The molecule has 2 rings (SSSR count). The predicted molar refractivity (Wildman–Crippen MR) is 78.2 cm³/mol. The van der Waals surface area contributed by atoms with Crippen molar-refractivity contribution in [1.82, 2.24) is 16.0 Å². The molecule has 0 atom stereocenters. The summed E-state index contributed by atoms with van der Waals surface area (Å²) in [5.74, 6) is 0.953. The van der Waals surface area contributed by atoms with Crippen molar-refractivity contribution in [2.24, 2.45) is 5.92 Å². The fourth-order valence-corrected chi connectivity index (χ4v) is 2.60. The zero-order valence-corrected chi connectivity index (χ0v) is 12.2. The summed E-state index contributed by atoms with van der Waals surface area (Å²) in [6.45, 7) is 2.79. The van der Waals surface area contributed by atoms with E-state index in [-0.39, 0.29) is 11.8 Å². The Morgan fingerprint density at radius 2 is 1.75 bits per heavy atom. The molecule has 1 aliphatic heterocycles. The molecule has 0 bridgehead atoms. The summed E-state index contributed by atoms with van der Waals surface area (Å²) in [5, 5.41) is 9.20. The van der Waals surface area contributed by atoms with E-state index in [0.717, 1.165) is 38.8 Å². The van der Waals surface area contributed by atoms with Crippen molar-refractivity contribution in [3.05, 3.63) is 0 Å². The summed E-state index contributed by atoms with van der Waals surface area (Å²) in [7, 11) is 0. The van der Waals surface area contributed by atoms with Crippen LogP contribution in [0.15, 0.2) is 0 Å². The molecule has 114 valence electrons.